The molecule has 9 rings (SSSR count). The third-order valence-electron chi connectivity index (χ3n) is 9.80. The van der Waals surface area contributed by atoms with Crippen LogP contribution in [0.1, 0.15) is 28.7 Å². The number of benzene rings is 6. The number of para-hydroxylation sites is 3. The highest BCUT2D eigenvalue weighted by Crippen LogP contribution is 2.62. The summed E-state index contributed by atoms with van der Waals surface area (Å²) in [5, 5.41) is 2.33. The van der Waals surface area contributed by atoms with Crippen molar-refractivity contribution in [1.82, 2.24) is 0 Å². The van der Waals surface area contributed by atoms with Gasteiger partial charge in [0.1, 0.15) is 11.2 Å². The minimum absolute atomic E-state index is 0.144. The van der Waals surface area contributed by atoms with Gasteiger partial charge in [0, 0.05) is 39.3 Å². The standard InChI is InChI=1S/C43H31NO/c1-5-15-30(16-6-1)43(31-17-7-2-8-18-31)38-28-27-36-35-23-13-14-24-40(35)45-42(36)41(38)37-26-25-34(29-39(37)43)44(32-19-9-3-10-20-32)33-21-11-4-12-22-33/h1-28,39H,29H2. The molecule has 0 saturated carbocycles. The SMILES string of the molecule is C1=C2c3c(ccc4c3oc3ccccc34)C(c3ccccc3)(c3ccccc3)C2CC(N(c2ccccc2)c2ccccc2)=C1. The first-order chi connectivity index (χ1) is 22.3. The first kappa shape index (κ1) is 25.9. The number of anilines is 2. The maximum absolute atomic E-state index is 6.75. The van der Waals surface area contributed by atoms with Gasteiger partial charge in [-0.05, 0) is 65.1 Å². The second-order valence-corrected chi connectivity index (χ2v) is 12.0. The van der Waals surface area contributed by atoms with Gasteiger partial charge in [-0.1, -0.05) is 133 Å². The average molecular weight is 578 g/mol. The van der Waals surface area contributed by atoms with E-state index in [0.29, 0.717) is 0 Å². The molecule has 0 amide bonds. The maximum Gasteiger partial charge on any atom is 0.143 e. The molecule has 7 aromatic rings. The lowest BCUT2D eigenvalue weighted by molar-refractivity contribution is 0.473. The van der Waals surface area contributed by atoms with Crippen molar-refractivity contribution in [1.29, 1.82) is 0 Å². The molecule has 45 heavy (non-hydrogen) atoms. The molecule has 1 atom stereocenters. The number of hydrogen-bond acceptors (Lipinski definition) is 2. The molecule has 2 nitrogen and oxygen atoms in total. The van der Waals surface area contributed by atoms with Gasteiger partial charge in [0.2, 0.25) is 0 Å². The molecule has 0 fully saturated rings. The van der Waals surface area contributed by atoms with E-state index in [9.17, 15) is 0 Å². The molecule has 1 unspecified atom stereocenters. The summed E-state index contributed by atoms with van der Waals surface area (Å²) in [7, 11) is 0. The molecule has 214 valence electrons. The van der Waals surface area contributed by atoms with Crippen molar-refractivity contribution in [3.63, 3.8) is 0 Å². The average Bonchev–Trinajstić information content (AvgIpc) is 3.64. The zero-order valence-electron chi connectivity index (χ0n) is 24.8. The van der Waals surface area contributed by atoms with E-state index in [1.165, 1.54) is 38.9 Å². The minimum Gasteiger partial charge on any atom is -0.455 e. The van der Waals surface area contributed by atoms with E-state index in [4.69, 9.17) is 4.42 Å². The Morgan fingerprint density at radius 1 is 0.533 bits per heavy atom. The smallest absolute Gasteiger partial charge is 0.143 e. The summed E-state index contributed by atoms with van der Waals surface area (Å²) in [6, 6.07) is 56.8. The Morgan fingerprint density at radius 3 is 1.71 bits per heavy atom. The highest BCUT2D eigenvalue weighted by Gasteiger charge is 2.54. The fraction of sp³-hybridized carbons (Fsp3) is 0.0698. The van der Waals surface area contributed by atoms with E-state index in [1.807, 2.05) is 0 Å². The molecule has 0 N–H and O–H groups in total. The van der Waals surface area contributed by atoms with Crippen LogP contribution in [0, 0.1) is 5.92 Å². The number of hydrogen-bond donors (Lipinski definition) is 0. The summed E-state index contributed by atoms with van der Waals surface area (Å²) in [6.45, 7) is 0. The van der Waals surface area contributed by atoms with Crippen LogP contribution in [0.4, 0.5) is 11.4 Å². The van der Waals surface area contributed by atoms with Crippen LogP contribution in [0.2, 0.25) is 0 Å². The molecule has 2 aliphatic carbocycles. The summed E-state index contributed by atoms with van der Waals surface area (Å²) in [5.74, 6) is 0.144. The Bertz CT molecular complexity index is 2150. The lowest BCUT2D eigenvalue weighted by Gasteiger charge is -2.41. The van der Waals surface area contributed by atoms with Crippen LogP contribution in [0.5, 0.6) is 0 Å². The zero-order chi connectivity index (χ0) is 29.8. The van der Waals surface area contributed by atoms with Crippen LogP contribution in [-0.4, -0.2) is 0 Å². The largest absolute Gasteiger partial charge is 0.455 e. The van der Waals surface area contributed by atoms with Gasteiger partial charge in [-0.2, -0.15) is 0 Å². The van der Waals surface area contributed by atoms with E-state index < -0.39 is 5.41 Å². The van der Waals surface area contributed by atoms with Gasteiger partial charge in [0.15, 0.2) is 0 Å². The topological polar surface area (TPSA) is 16.4 Å². The Balaban J connectivity index is 1.36. The van der Waals surface area contributed by atoms with Gasteiger partial charge in [0.05, 0.1) is 5.41 Å². The number of allylic oxidation sites excluding steroid dienone is 4. The molecule has 1 aromatic heterocycles. The van der Waals surface area contributed by atoms with Crippen LogP contribution in [-0.2, 0) is 5.41 Å². The maximum atomic E-state index is 6.75. The molecular weight excluding hydrogens is 546 g/mol. The van der Waals surface area contributed by atoms with E-state index in [-0.39, 0.29) is 5.92 Å². The van der Waals surface area contributed by atoms with Crippen LogP contribution in [0.15, 0.2) is 180 Å². The molecule has 6 aromatic carbocycles. The van der Waals surface area contributed by atoms with Crippen LogP contribution in [0.3, 0.4) is 0 Å². The monoisotopic (exact) mass is 577 g/mol. The fourth-order valence-electron chi connectivity index (χ4n) is 8.01. The molecule has 0 saturated heterocycles. The Kier molecular flexibility index (Phi) is 5.89. The van der Waals surface area contributed by atoms with Crippen molar-refractivity contribution >= 4 is 38.9 Å². The Morgan fingerprint density at radius 2 is 1.09 bits per heavy atom. The van der Waals surface area contributed by atoms with Crippen molar-refractivity contribution in [2.45, 2.75) is 11.8 Å². The van der Waals surface area contributed by atoms with Crippen molar-refractivity contribution in [3.8, 4) is 0 Å². The molecule has 0 radical (unpaired) electrons. The molecule has 2 aliphatic rings. The zero-order valence-corrected chi connectivity index (χ0v) is 24.8. The molecule has 2 heteroatoms. The second-order valence-electron chi connectivity index (χ2n) is 12.0. The van der Waals surface area contributed by atoms with Gasteiger partial charge in [-0.3, -0.25) is 0 Å². The normalized spacial score (nSPS) is 16.6. The first-order valence-corrected chi connectivity index (χ1v) is 15.7. The fourth-order valence-corrected chi connectivity index (χ4v) is 8.01. The third-order valence-corrected chi connectivity index (χ3v) is 9.80. The van der Waals surface area contributed by atoms with Crippen molar-refractivity contribution in [3.05, 3.63) is 198 Å². The second kappa shape index (κ2) is 10.2. The lowest BCUT2D eigenvalue weighted by atomic mass is 9.62. The third kappa shape index (κ3) is 3.82. The molecule has 0 aliphatic heterocycles. The highest BCUT2D eigenvalue weighted by molar-refractivity contribution is 6.10. The summed E-state index contributed by atoms with van der Waals surface area (Å²) in [5.41, 5.74) is 11.6. The van der Waals surface area contributed by atoms with Crippen molar-refractivity contribution in [2.24, 2.45) is 5.92 Å². The minimum atomic E-state index is -0.407. The highest BCUT2D eigenvalue weighted by atomic mass is 16.3. The number of fused-ring (bicyclic) bond motifs is 7. The van der Waals surface area contributed by atoms with Crippen LogP contribution >= 0.6 is 0 Å². The molecule has 1 heterocycles. The van der Waals surface area contributed by atoms with Crippen molar-refractivity contribution < 1.29 is 4.42 Å². The van der Waals surface area contributed by atoms with Crippen LogP contribution < -0.4 is 4.90 Å². The van der Waals surface area contributed by atoms with Crippen molar-refractivity contribution in [2.75, 3.05) is 4.90 Å². The quantitative estimate of drug-likeness (QED) is 0.202. The first-order valence-electron chi connectivity index (χ1n) is 15.7. The van der Waals surface area contributed by atoms with Gasteiger partial charge in [-0.25, -0.2) is 0 Å². The Labute approximate surface area is 263 Å². The predicted octanol–water partition coefficient (Wildman–Crippen LogP) is 11.1. The molecular formula is C43H31NO. The molecule has 0 bridgehead atoms. The van der Waals surface area contributed by atoms with Gasteiger partial charge in [0.25, 0.3) is 0 Å². The Hall–Kier alpha value is -5.60. The summed E-state index contributed by atoms with van der Waals surface area (Å²) < 4.78 is 6.75. The van der Waals surface area contributed by atoms with E-state index in [1.54, 1.807) is 0 Å². The van der Waals surface area contributed by atoms with E-state index in [0.717, 1.165) is 34.3 Å². The van der Waals surface area contributed by atoms with E-state index in [2.05, 4.69) is 175 Å². The predicted molar refractivity (Wildman–Crippen MR) is 186 cm³/mol. The lowest BCUT2D eigenvalue weighted by Crippen LogP contribution is -2.36. The molecule has 0 spiro atoms. The summed E-state index contributed by atoms with van der Waals surface area (Å²) in [6.07, 6.45) is 5.57. The van der Waals surface area contributed by atoms with Gasteiger partial charge in [-0.15, -0.1) is 0 Å². The van der Waals surface area contributed by atoms with E-state index >= 15 is 0 Å². The van der Waals surface area contributed by atoms with Gasteiger partial charge < -0.3 is 9.32 Å². The number of furan rings is 1. The van der Waals surface area contributed by atoms with Crippen LogP contribution in [0.25, 0.3) is 27.5 Å². The number of rotatable bonds is 5. The summed E-state index contributed by atoms with van der Waals surface area (Å²) >= 11 is 0. The number of nitrogens with zero attached hydrogens (tertiary/aromatic N) is 1. The summed E-state index contributed by atoms with van der Waals surface area (Å²) in [4.78, 5) is 2.42. The van der Waals surface area contributed by atoms with Gasteiger partial charge >= 0.3 is 0 Å².